The van der Waals surface area contributed by atoms with Crippen LogP contribution in [0.5, 0.6) is 0 Å². The number of fused-ring (bicyclic) bond motifs is 5. The lowest BCUT2D eigenvalue weighted by Gasteiger charge is -2.60. The molecule has 4 aliphatic carbocycles. The molecule has 0 bridgehead atoms. The van der Waals surface area contributed by atoms with Gasteiger partial charge in [0.05, 0.1) is 0 Å². The van der Waals surface area contributed by atoms with Gasteiger partial charge in [-0.3, -0.25) is 4.98 Å². The number of hydrogen-bond donors (Lipinski definition) is 0. The van der Waals surface area contributed by atoms with E-state index in [9.17, 15) is 4.91 Å². The Labute approximate surface area is 175 Å². The van der Waals surface area contributed by atoms with E-state index in [-0.39, 0.29) is 22.3 Å². The van der Waals surface area contributed by atoms with Crippen molar-refractivity contribution in [3.63, 3.8) is 0 Å². The molecule has 2 saturated carbocycles. The highest BCUT2D eigenvalue weighted by Gasteiger charge is 2.59. The second-order valence-corrected chi connectivity index (χ2v) is 11.1. The fourth-order valence-electron chi connectivity index (χ4n) is 8.11. The van der Waals surface area contributed by atoms with Gasteiger partial charge in [0.1, 0.15) is 6.04 Å². The van der Waals surface area contributed by atoms with Gasteiger partial charge < -0.3 is 0 Å². The van der Waals surface area contributed by atoms with Crippen LogP contribution in [0.2, 0.25) is 0 Å². The van der Waals surface area contributed by atoms with Crippen molar-refractivity contribution in [3.8, 4) is 0 Å². The van der Waals surface area contributed by atoms with Crippen molar-refractivity contribution in [1.82, 2.24) is 4.98 Å². The second kappa shape index (κ2) is 6.36. The van der Waals surface area contributed by atoms with E-state index in [0.717, 1.165) is 30.6 Å². The van der Waals surface area contributed by atoms with Crippen molar-refractivity contribution in [2.24, 2.45) is 39.2 Å². The van der Waals surface area contributed by atoms with Gasteiger partial charge in [0.2, 0.25) is 0 Å². The van der Waals surface area contributed by atoms with E-state index in [1.807, 2.05) is 12.4 Å². The van der Waals surface area contributed by atoms with E-state index in [2.05, 4.69) is 62.1 Å². The third-order valence-electron chi connectivity index (χ3n) is 9.61. The molecule has 29 heavy (non-hydrogen) atoms. The fourth-order valence-corrected chi connectivity index (χ4v) is 8.11. The first-order valence-corrected chi connectivity index (χ1v) is 11.5. The first kappa shape index (κ1) is 19.2. The molecule has 1 aromatic rings. The van der Waals surface area contributed by atoms with Crippen LogP contribution < -0.4 is 0 Å². The maximum Gasteiger partial charge on any atom is 0.101 e. The Kier molecular flexibility index (Phi) is 4.21. The SMILES string of the molecule is CC1(C)C2=CCC3C4CC=C(c5cccnc5)C4(C)CCC3C2(C)CCC1N=O. The summed E-state index contributed by atoms with van der Waals surface area (Å²) in [6.07, 6.45) is 15.9. The lowest BCUT2D eigenvalue weighted by molar-refractivity contribution is -0.0267. The molecule has 4 aliphatic rings. The van der Waals surface area contributed by atoms with Gasteiger partial charge in [-0.1, -0.05) is 56.7 Å². The molecule has 2 fully saturated rings. The van der Waals surface area contributed by atoms with Crippen LogP contribution in [0.15, 0.2) is 47.4 Å². The summed E-state index contributed by atoms with van der Waals surface area (Å²) < 4.78 is 0. The molecule has 6 unspecified atom stereocenters. The number of nitrogens with zero attached hydrogens (tertiary/aromatic N) is 2. The van der Waals surface area contributed by atoms with Gasteiger partial charge in [0, 0.05) is 17.8 Å². The lowest BCUT2D eigenvalue weighted by Crippen LogP contribution is -2.53. The van der Waals surface area contributed by atoms with Gasteiger partial charge in [-0.05, 0) is 84.3 Å². The summed E-state index contributed by atoms with van der Waals surface area (Å²) in [5.41, 5.74) is 4.77. The highest BCUT2D eigenvalue weighted by atomic mass is 16.3. The molecule has 0 aromatic carbocycles. The standard InChI is InChI=1S/C26H34N2O/c1-24(2)22-10-7-18-20-9-8-19(17-6-5-15-27-16-17)25(20,3)13-11-21(18)26(22,4)14-12-23(24)28-29/h5-6,8,10,15-16,18,20-21,23H,7,9,11-14H2,1-4H3. The molecule has 6 atom stereocenters. The quantitative estimate of drug-likeness (QED) is 0.411. The van der Waals surface area contributed by atoms with Gasteiger partial charge in [-0.15, -0.1) is 0 Å². The number of rotatable bonds is 2. The smallest absolute Gasteiger partial charge is 0.101 e. The van der Waals surface area contributed by atoms with Crippen molar-refractivity contribution < 1.29 is 0 Å². The van der Waals surface area contributed by atoms with E-state index < -0.39 is 0 Å². The molecule has 1 aromatic heterocycles. The lowest BCUT2D eigenvalue weighted by atomic mass is 9.44. The van der Waals surface area contributed by atoms with Crippen molar-refractivity contribution in [2.75, 3.05) is 0 Å². The summed E-state index contributed by atoms with van der Waals surface area (Å²) in [7, 11) is 0. The second-order valence-electron chi connectivity index (χ2n) is 11.1. The molecule has 3 nitrogen and oxygen atoms in total. The predicted molar refractivity (Wildman–Crippen MR) is 118 cm³/mol. The zero-order valence-corrected chi connectivity index (χ0v) is 18.3. The van der Waals surface area contributed by atoms with Crippen molar-refractivity contribution >= 4 is 5.57 Å². The Morgan fingerprint density at radius 3 is 2.52 bits per heavy atom. The third kappa shape index (κ3) is 2.52. The maximum atomic E-state index is 11.5. The van der Waals surface area contributed by atoms with Crippen molar-refractivity contribution in [1.29, 1.82) is 0 Å². The number of aromatic nitrogens is 1. The van der Waals surface area contributed by atoms with E-state index in [4.69, 9.17) is 0 Å². The molecule has 0 saturated heterocycles. The zero-order chi connectivity index (χ0) is 20.4. The topological polar surface area (TPSA) is 42.3 Å². The predicted octanol–water partition coefficient (Wildman–Crippen LogP) is 6.81. The average Bonchev–Trinajstić information content (AvgIpc) is 3.05. The van der Waals surface area contributed by atoms with E-state index in [1.165, 1.54) is 42.4 Å². The molecular formula is C26H34N2O. The van der Waals surface area contributed by atoms with Gasteiger partial charge in [0.25, 0.3) is 0 Å². The van der Waals surface area contributed by atoms with E-state index in [1.54, 1.807) is 0 Å². The monoisotopic (exact) mass is 390 g/mol. The fraction of sp³-hybridized carbons (Fsp3) is 0.654. The highest BCUT2D eigenvalue weighted by molar-refractivity contribution is 5.72. The van der Waals surface area contributed by atoms with Crippen LogP contribution in [0.4, 0.5) is 0 Å². The molecule has 154 valence electrons. The minimum absolute atomic E-state index is 0.0717. The third-order valence-corrected chi connectivity index (χ3v) is 9.61. The Bertz CT molecular complexity index is 885. The van der Waals surface area contributed by atoms with Crippen LogP contribution in [0, 0.1) is 38.9 Å². The van der Waals surface area contributed by atoms with Crippen LogP contribution in [0.3, 0.4) is 0 Å². The van der Waals surface area contributed by atoms with Gasteiger partial charge in [0.15, 0.2) is 0 Å². The normalized spacial score (nSPS) is 42.8. The number of pyridine rings is 1. The largest absolute Gasteiger partial charge is 0.264 e. The van der Waals surface area contributed by atoms with Gasteiger partial charge in [-0.25, -0.2) is 0 Å². The summed E-state index contributed by atoms with van der Waals surface area (Å²) in [4.78, 5) is 15.9. The van der Waals surface area contributed by atoms with Crippen LogP contribution in [-0.4, -0.2) is 11.0 Å². The first-order chi connectivity index (χ1) is 13.8. The molecular weight excluding hydrogens is 356 g/mol. The summed E-state index contributed by atoms with van der Waals surface area (Å²) >= 11 is 0. The summed E-state index contributed by atoms with van der Waals surface area (Å²) in [5.74, 6) is 2.19. The summed E-state index contributed by atoms with van der Waals surface area (Å²) in [6, 6.07) is 4.23. The minimum Gasteiger partial charge on any atom is -0.264 e. The Morgan fingerprint density at radius 2 is 1.79 bits per heavy atom. The van der Waals surface area contributed by atoms with E-state index in [0.29, 0.717) is 0 Å². The number of hydrogen-bond acceptors (Lipinski definition) is 3. The molecule has 1 heterocycles. The zero-order valence-electron chi connectivity index (χ0n) is 18.3. The maximum absolute atomic E-state index is 11.5. The summed E-state index contributed by atoms with van der Waals surface area (Å²) in [5, 5.41) is 3.53. The molecule has 0 radical (unpaired) electrons. The molecule has 5 rings (SSSR count). The van der Waals surface area contributed by atoms with Crippen LogP contribution >= 0.6 is 0 Å². The van der Waals surface area contributed by atoms with Crippen molar-refractivity contribution in [3.05, 3.63) is 52.7 Å². The van der Waals surface area contributed by atoms with Crippen LogP contribution in [0.25, 0.3) is 5.57 Å². The van der Waals surface area contributed by atoms with Crippen LogP contribution in [-0.2, 0) is 0 Å². The van der Waals surface area contributed by atoms with Gasteiger partial charge in [-0.2, -0.15) is 4.91 Å². The Balaban J connectivity index is 1.50. The summed E-state index contributed by atoms with van der Waals surface area (Å²) in [6.45, 7) is 9.53. The van der Waals surface area contributed by atoms with E-state index >= 15 is 0 Å². The number of nitroso groups, excluding NO2 is 1. The molecule has 0 aliphatic heterocycles. The Morgan fingerprint density at radius 1 is 1.00 bits per heavy atom. The highest BCUT2D eigenvalue weighted by Crippen LogP contribution is 2.68. The average molecular weight is 391 g/mol. The molecule has 0 amide bonds. The van der Waals surface area contributed by atoms with Gasteiger partial charge >= 0.3 is 0 Å². The minimum atomic E-state index is -0.102. The van der Waals surface area contributed by atoms with Crippen LogP contribution in [0.1, 0.15) is 71.8 Å². The Hall–Kier alpha value is -1.77. The molecule has 0 spiro atoms. The molecule has 3 heteroatoms. The molecule has 0 N–H and O–H groups in total. The van der Waals surface area contributed by atoms with Crippen molar-refractivity contribution in [2.45, 2.75) is 72.3 Å². The number of allylic oxidation sites excluding steroid dienone is 3. The first-order valence-electron chi connectivity index (χ1n) is 11.5.